The predicted molar refractivity (Wildman–Crippen MR) is 104 cm³/mol. The number of Topliss-reactive ketones (excluding diaryl/α,β-unsaturated/α-hetero) is 1. The van der Waals surface area contributed by atoms with E-state index in [1.54, 1.807) is 24.3 Å². The summed E-state index contributed by atoms with van der Waals surface area (Å²) in [4.78, 5) is 38.0. The van der Waals surface area contributed by atoms with Crippen LogP contribution in [0.1, 0.15) is 62.7 Å². The van der Waals surface area contributed by atoms with Crippen LogP contribution in [0.5, 0.6) is 5.75 Å². The Hall–Kier alpha value is -2.37. The van der Waals surface area contributed by atoms with E-state index in [1.807, 2.05) is 11.8 Å². The standard InChI is InChI=1S/C21H30N2O4/c1-3-17(23-15-5-6-21(23)26)13-14-22-20(25)12-11-19(24)16-7-9-18(10-8-16)27-4-2/h7-10,17H,3-6,11-15H2,1-2H3,(H,22,25). The largest absolute Gasteiger partial charge is 0.494 e. The van der Waals surface area contributed by atoms with Crippen LogP contribution in [0.4, 0.5) is 0 Å². The first-order chi connectivity index (χ1) is 13.0. The average Bonchev–Trinajstić information content (AvgIpc) is 3.10. The number of ether oxygens (including phenoxy) is 1. The molecule has 1 heterocycles. The monoisotopic (exact) mass is 374 g/mol. The summed E-state index contributed by atoms with van der Waals surface area (Å²) in [5.74, 6) is 0.766. The van der Waals surface area contributed by atoms with E-state index in [1.165, 1.54) is 0 Å². The fourth-order valence-electron chi connectivity index (χ4n) is 3.38. The van der Waals surface area contributed by atoms with Gasteiger partial charge >= 0.3 is 0 Å². The van der Waals surface area contributed by atoms with Gasteiger partial charge in [0.2, 0.25) is 11.8 Å². The molecule has 0 aliphatic carbocycles. The van der Waals surface area contributed by atoms with Crippen molar-refractivity contribution >= 4 is 17.6 Å². The van der Waals surface area contributed by atoms with Crippen molar-refractivity contribution in [3.63, 3.8) is 0 Å². The molecule has 148 valence electrons. The van der Waals surface area contributed by atoms with Crippen LogP contribution in [0.2, 0.25) is 0 Å². The highest BCUT2D eigenvalue weighted by Crippen LogP contribution is 2.18. The number of nitrogens with one attached hydrogen (secondary N) is 1. The Labute approximate surface area is 161 Å². The van der Waals surface area contributed by atoms with E-state index in [0.29, 0.717) is 25.1 Å². The molecule has 1 fully saturated rings. The molecule has 1 aromatic carbocycles. The van der Waals surface area contributed by atoms with Gasteiger partial charge in [-0.1, -0.05) is 6.92 Å². The van der Waals surface area contributed by atoms with Crippen LogP contribution in [0.15, 0.2) is 24.3 Å². The van der Waals surface area contributed by atoms with Gasteiger partial charge in [-0.05, 0) is 50.5 Å². The maximum Gasteiger partial charge on any atom is 0.222 e. The minimum atomic E-state index is -0.128. The maximum atomic E-state index is 12.2. The molecule has 1 aromatic rings. The molecule has 1 N–H and O–H groups in total. The van der Waals surface area contributed by atoms with E-state index < -0.39 is 0 Å². The van der Waals surface area contributed by atoms with Crippen molar-refractivity contribution in [2.24, 2.45) is 0 Å². The fourth-order valence-corrected chi connectivity index (χ4v) is 3.38. The van der Waals surface area contributed by atoms with Crippen molar-refractivity contribution in [2.45, 2.75) is 58.4 Å². The van der Waals surface area contributed by atoms with Gasteiger partial charge in [0.15, 0.2) is 5.78 Å². The first kappa shape index (κ1) is 20.9. The summed E-state index contributed by atoms with van der Waals surface area (Å²) in [7, 11) is 0. The van der Waals surface area contributed by atoms with Gasteiger partial charge in [0.05, 0.1) is 6.61 Å². The Kier molecular flexibility index (Phi) is 8.30. The summed E-state index contributed by atoms with van der Waals surface area (Å²) in [6.07, 6.45) is 3.55. The van der Waals surface area contributed by atoms with Gasteiger partial charge in [0.25, 0.3) is 0 Å². The number of rotatable bonds is 11. The number of hydrogen-bond donors (Lipinski definition) is 1. The average molecular weight is 374 g/mol. The van der Waals surface area contributed by atoms with Crippen molar-refractivity contribution in [1.82, 2.24) is 10.2 Å². The molecule has 2 amide bonds. The van der Waals surface area contributed by atoms with Gasteiger partial charge in [0.1, 0.15) is 5.75 Å². The molecular weight excluding hydrogens is 344 g/mol. The minimum absolute atomic E-state index is 0.0534. The molecule has 1 saturated heterocycles. The maximum absolute atomic E-state index is 12.2. The molecule has 1 atom stereocenters. The first-order valence-corrected chi connectivity index (χ1v) is 9.87. The zero-order chi connectivity index (χ0) is 19.6. The van der Waals surface area contributed by atoms with Gasteiger partial charge in [-0.25, -0.2) is 0 Å². The quantitative estimate of drug-likeness (QED) is 0.604. The Morgan fingerprint density at radius 2 is 1.93 bits per heavy atom. The predicted octanol–water partition coefficient (Wildman–Crippen LogP) is 2.96. The van der Waals surface area contributed by atoms with Crippen molar-refractivity contribution < 1.29 is 19.1 Å². The molecule has 0 aromatic heterocycles. The molecule has 6 nitrogen and oxygen atoms in total. The summed E-state index contributed by atoms with van der Waals surface area (Å²) in [5, 5.41) is 2.87. The van der Waals surface area contributed by atoms with Gasteiger partial charge in [-0.15, -0.1) is 0 Å². The minimum Gasteiger partial charge on any atom is -0.494 e. The van der Waals surface area contributed by atoms with Crippen molar-refractivity contribution in [3.8, 4) is 5.75 Å². The van der Waals surface area contributed by atoms with Crippen LogP contribution in [0.25, 0.3) is 0 Å². The SMILES string of the molecule is CCOc1ccc(C(=O)CCC(=O)NCCC(CC)N2CCCC2=O)cc1. The second-order valence-electron chi connectivity index (χ2n) is 6.77. The normalized spacial score (nSPS) is 14.9. The number of benzene rings is 1. The van der Waals surface area contributed by atoms with Crippen LogP contribution in [-0.4, -0.2) is 48.2 Å². The third kappa shape index (κ3) is 6.38. The molecule has 27 heavy (non-hydrogen) atoms. The first-order valence-electron chi connectivity index (χ1n) is 9.87. The van der Waals surface area contributed by atoms with Crippen LogP contribution >= 0.6 is 0 Å². The summed E-state index contributed by atoms with van der Waals surface area (Å²) in [6.45, 7) is 5.90. The Morgan fingerprint density at radius 3 is 2.52 bits per heavy atom. The number of amides is 2. The highest BCUT2D eigenvalue weighted by Gasteiger charge is 2.26. The van der Waals surface area contributed by atoms with Crippen LogP contribution in [0, 0.1) is 0 Å². The lowest BCUT2D eigenvalue weighted by molar-refractivity contribution is -0.129. The smallest absolute Gasteiger partial charge is 0.222 e. The summed E-state index contributed by atoms with van der Waals surface area (Å²) >= 11 is 0. The van der Waals surface area contributed by atoms with E-state index in [-0.39, 0.29) is 36.5 Å². The Balaban J connectivity index is 1.69. The highest BCUT2D eigenvalue weighted by molar-refractivity contribution is 5.98. The third-order valence-corrected chi connectivity index (χ3v) is 4.89. The Morgan fingerprint density at radius 1 is 1.19 bits per heavy atom. The van der Waals surface area contributed by atoms with Gasteiger partial charge < -0.3 is 15.0 Å². The topological polar surface area (TPSA) is 75.7 Å². The molecular formula is C21H30N2O4. The second kappa shape index (κ2) is 10.7. The van der Waals surface area contributed by atoms with E-state index in [2.05, 4.69) is 12.2 Å². The number of ketones is 1. The molecule has 1 aliphatic heterocycles. The van der Waals surface area contributed by atoms with Gasteiger partial charge in [-0.2, -0.15) is 0 Å². The fraction of sp³-hybridized carbons (Fsp3) is 0.571. The highest BCUT2D eigenvalue weighted by atomic mass is 16.5. The lowest BCUT2D eigenvalue weighted by Gasteiger charge is -2.26. The van der Waals surface area contributed by atoms with E-state index in [0.717, 1.165) is 31.6 Å². The lowest BCUT2D eigenvalue weighted by Crippen LogP contribution is -2.38. The molecule has 0 spiro atoms. The molecule has 1 unspecified atom stereocenters. The molecule has 0 saturated carbocycles. The van der Waals surface area contributed by atoms with Crippen molar-refractivity contribution in [2.75, 3.05) is 19.7 Å². The molecule has 1 aliphatic rings. The van der Waals surface area contributed by atoms with Crippen LogP contribution < -0.4 is 10.1 Å². The van der Waals surface area contributed by atoms with Crippen LogP contribution in [0.3, 0.4) is 0 Å². The third-order valence-electron chi connectivity index (χ3n) is 4.89. The van der Waals surface area contributed by atoms with Crippen molar-refractivity contribution in [3.05, 3.63) is 29.8 Å². The number of hydrogen-bond acceptors (Lipinski definition) is 4. The summed E-state index contributed by atoms with van der Waals surface area (Å²) < 4.78 is 5.36. The second-order valence-corrected chi connectivity index (χ2v) is 6.77. The zero-order valence-electron chi connectivity index (χ0n) is 16.3. The lowest BCUT2D eigenvalue weighted by atomic mass is 10.1. The summed E-state index contributed by atoms with van der Waals surface area (Å²) in [6, 6.07) is 7.17. The molecule has 2 rings (SSSR count). The van der Waals surface area contributed by atoms with E-state index in [9.17, 15) is 14.4 Å². The van der Waals surface area contributed by atoms with Gasteiger partial charge in [-0.3, -0.25) is 14.4 Å². The molecule has 0 radical (unpaired) electrons. The van der Waals surface area contributed by atoms with Crippen LogP contribution in [-0.2, 0) is 9.59 Å². The van der Waals surface area contributed by atoms with E-state index in [4.69, 9.17) is 4.74 Å². The molecule has 6 heteroatoms. The number of likely N-dealkylation sites (tertiary alicyclic amines) is 1. The molecule has 0 bridgehead atoms. The Bertz CT molecular complexity index is 642. The number of carbonyl (C=O) groups excluding carboxylic acids is 3. The number of nitrogens with zero attached hydrogens (tertiary/aromatic N) is 1. The van der Waals surface area contributed by atoms with Crippen molar-refractivity contribution in [1.29, 1.82) is 0 Å². The van der Waals surface area contributed by atoms with Gasteiger partial charge in [0, 0.05) is 44.0 Å². The van der Waals surface area contributed by atoms with E-state index >= 15 is 0 Å². The number of carbonyl (C=O) groups is 3. The zero-order valence-corrected chi connectivity index (χ0v) is 16.3. The summed E-state index contributed by atoms with van der Waals surface area (Å²) in [5.41, 5.74) is 0.588.